The lowest BCUT2D eigenvalue weighted by molar-refractivity contribution is 0.564. The van der Waals surface area contributed by atoms with Crippen molar-refractivity contribution < 1.29 is 0 Å². The normalized spacial score (nSPS) is 10.8. The summed E-state index contributed by atoms with van der Waals surface area (Å²) >= 11 is 0. The number of nitrogens with two attached hydrogens (primary N) is 1. The molecule has 0 saturated carbocycles. The highest BCUT2D eigenvalue weighted by molar-refractivity contribution is 5.64. The lowest BCUT2D eigenvalue weighted by Crippen LogP contribution is -2.28. The largest absolute Gasteiger partial charge is 0.326 e. The molecule has 4 heteroatoms. The molecule has 0 saturated heterocycles. The highest BCUT2D eigenvalue weighted by Gasteiger charge is 2.10. The van der Waals surface area contributed by atoms with Gasteiger partial charge in [0.2, 0.25) is 0 Å². The quantitative estimate of drug-likeness (QED) is 0.928. The molecular formula is C16H21N3O. The van der Waals surface area contributed by atoms with E-state index in [1.54, 1.807) is 0 Å². The first kappa shape index (κ1) is 14.5. The van der Waals surface area contributed by atoms with Gasteiger partial charge in [0.05, 0.1) is 5.69 Å². The first-order valence-corrected chi connectivity index (χ1v) is 6.95. The Hall–Kier alpha value is -1.94. The zero-order valence-corrected chi connectivity index (χ0v) is 12.3. The van der Waals surface area contributed by atoms with Crippen LogP contribution in [0.4, 0.5) is 0 Å². The monoisotopic (exact) mass is 271 g/mol. The topological polar surface area (TPSA) is 60.9 Å². The third-order valence-corrected chi connectivity index (χ3v) is 3.37. The van der Waals surface area contributed by atoms with Crippen molar-refractivity contribution in [3.8, 4) is 11.3 Å². The van der Waals surface area contributed by atoms with Crippen molar-refractivity contribution in [2.24, 2.45) is 5.73 Å². The summed E-state index contributed by atoms with van der Waals surface area (Å²) in [6.45, 7) is 6.98. The summed E-state index contributed by atoms with van der Waals surface area (Å²) in [6, 6.07) is 8.06. The first-order chi connectivity index (χ1) is 9.56. The van der Waals surface area contributed by atoms with Crippen LogP contribution in [0, 0.1) is 13.8 Å². The number of aromatic nitrogens is 2. The van der Waals surface area contributed by atoms with Gasteiger partial charge >= 0.3 is 0 Å². The van der Waals surface area contributed by atoms with Crippen LogP contribution in [0.25, 0.3) is 11.3 Å². The Morgan fingerprint density at radius 2 is 2.00 bits per heavy atom. The van der Waals surface area contributed by atoms with E-state index in [2.05, 4.69) is 30.2 Å². The summed E-state index contributed by atoms with van der Waals surface area (Å²) in [4.78, 5) is 12.1. The minimum Gasteiger partial charge on any atom is -0.326 e. The molecule has 0 aliphatic rings. The summed E-state index contributed by atoms with van der Waals surface area (Å²) in [6.07, 6.45) is 0.868. The van der Waals surface area contributed by atoms with Gasteiger partial charge in [0, 0.05) is 24.2 Å². The highest BCUT2D eigenvalue weighted by atomic mass is 16.1. The smallest absolute Gasteiger partial charge is 0.271 e. The molecule has 1 aromatic carbocycles. The van der Waals surface area contributed by atoms with Crippen LogP contribution in [0.5, 0.6) is 0 Å². The van der Waals surface area contributed by atoms with Crippen molar-refractivity contribution in [1.82, 2.24) is 9.78 Å². The minimum absolute atomic E-state index is 0.0802. The SMILES string of the molecule is CCCn1nc(-c2cc(C)ccc2C)cc(CN)c1=O. The van der Waals surface area contributed by atoms with Gasteiger partial charge in [-0.05, 0) is 38.0 Å². The van der Waals surface area contributed by atoms with E-state index in [9.17, 15) is 4.79 Å². The maximum Gasteiger partial charge on any atom is 0.271 e. The summed E-state index contributed by atoms with van der Waals surface area (Å²) in [5.74, 6) is 0. The van der Waals surface area contributed by atoms with Gasteiger partial charge in [-0.2, -0.15) is 5.10 Å². The van der Waals surface area contributed by atoms with Gasteiger partial charge in [-0.1, -0.05) is 24.6 Å². The Bertz CT molecular complexity index is 674. The average Bonchev–Trinajstić information content (AvgIpc) is 2.44. The molecule has 1 heterocycles. The zero-order chi connectivity index (χ0) is 14.7. The van der Waals surface area contributed by atoms with Gasteiger partial charge in [0.15, 0.2) is 0 Å². The number of rotatable bonds is 4. The van der Waals surface area contributed by atoms with E-state index in [1.807, 2.05) is 19.9 Å². The predicted octanol–water partition coefficient (Wildman–Crippen LogP) is 2.40. The molecule has 0 unspecified atom stereocenters. The Balaban J connectivity index is 2.65. The molecule has 0 aliphatic heterocycles. The van der Waals surface area contributed by atoms with Crippen molar-refractivity contribution in [1.29, 1.82) is 0 Å². The summed E-state index contributed by atoms with van der Waals surface area (Å²) in [5.41, 5.74) is 10.4. The summed E-state index contributed by atoms with van der Waals surface area (Å²) < 4.78 is 1.53. The molecule has 20 heavy (non-hydrogen) atoms. The molecule has 0 aliphatic carbocycles. The molecule has 106 valence electrons. The van der Waals surface area contributed by atoms with Crippen LogP contribution in [0.3, 0.4) is 0 Å². The van der Waals surface area contributed by atoms with E-state index >= 15 is 0 Å². The Kier molecular flexibility index (Phi) is 4.35. The third kappa shape index (κ3) is 2.80. The molecule has 4 nitrogen and oxygen atoms in total. The molecule has 0 radical (unpaired) electrons. The van der Waals surface area contributed by atoms with Crippen LogP contribution in [-0.4, -0.2) is 9.78 Å². The zero-order valence-electron chi connectivity index (χ0n) is 12.3. The van der Waals surface area contributed by atoms with Crippen LogP contribution < -0.4 is 11.3 Å². The molecule has 2 aromatic rings. The van der Waals surface area contributed by atoms with Gasteiger partial charge in [-0.25, -0.2) is 4.68 Å². The van der Waals surface area contributed by atoms with Crippen molar-refractivity contribution in [2.45, 2.75) is 40.3 Å². The van der Waals surface area contributed by atoms with Gasteiger partial charge in [-0.3, -0.25) is 4.79 Å². The molecule has 0 bridgehead atoms. The lowest BCUT2D eigenvalue weighted by Gasteiger charge is -2.11. The van der Waals surface area contributed by atoms with E-state index < -0.39 is 0 Å². The minimum atomic E-state index is -0.0802. The van der Waals surface area contributed by atoms with Crippen molar-refractivity contribution >= 4 is 0 Å². The van der Waals surface area contributed by atoms with E-state index in [0.29, 0.717) is 12.1 Å². The first-order valence-electron chi connectivity index (χ1n) is 6.95. The number of hydrogen-bond donors (Lipinski definition) is 1. The van der Waals surface area contributed by atoms with Gasteiger partial charge in [-0.15, -0.1) is 0 Å². The second kappa shape index (κ2) is 6.01. The molecule has 0 fully saturated rings. The summed E-state index contributed by atoms with van der Waals surface area (Å²) in [7, 11) is 0. The number of hydrogen-bond acceptors (Lipinski definition) is 3. The second-order valence-corrected chi connectivity index (χ2v) is 5.11. The number of nitrogens with zero attached hydrogens (tertiary/aromatic N) is 2. The molecule has 0 spiro atoms. The van der Waals surface area contributed by atoms with E-state index in [-0.39, 0.29) is 12.1 Å². The van der Waals surface area contributed by atoms with Gasteiger partial charge < -0.3 is 5.73 Å². The van der Waals surface area contributed by atoms with Crippen LogP contribution >= 0.6 is 0 Å². The van der Waals surface area contributed by atoms with Crippen LogP contribution in [0.15, 0.2) is 29.1 Å². The standard InChI is InChI=1S/C16H21N3O/c1-4-7-19-16(20)13(10-17)9-15(18-19)14-8-11(2)5-6-12(14)3/h5-6,8-9H,4,7,10,17H2,1-3H3. The van der Waals surface area contributed by atoms with Gasteiger partial charge in [0.25, 0.3) is 5.56 Å². The molecule has 0 amide bonds. The van der Waals surface area contributed by atoms with Crippen LogP contribution in [0.1, 0.15) is 30.0 Å². The predicted molar refractivity (Wildman–Crippen MR) is 81.6 cm³/mol. The molecule has 1 aromatic heterocycles. The molecule has 2 rings (SSSR count). The lowest BCUT2D eigenvalue weighted by atomic mass is 10.0. The molecule has 0 atom stereocenters. The fraction of sp³-hybridized carbons (Fsp3) is 0.375. The van der Waals surface area contributed by atoms with Gasteiger partial charge in [0.1, 0.15) is 0 Å². The second-order valence-electron chi connectivity index (χ2n) is 5.11. The van der Waals surface area contributed by atoms with Crippen molar-refractivity contribution in [3.05, 3.63) is 51.3 Å². The third-order valence-electron chi connectivity index (χ3n) is 3.37. The summed E-state index contributed by atoms with van der Waals surface area (Å²) in [5, 5.41) is 4.49. The Morgan fingerprint density at radius 3 is 2.65 bits per heavy atom. The van der Waals surface area contributed by atoms with Crippen molar-refractivity contribution in [2.75, 3.05) is 0 Å². The van der Waals surface area contributed by atoms with Crippen LogP contribution in [0.2, 0.25) is 0 Å². The molecule has 2 N–H and O–H groups in total. The van der Waals surface area contributed by atoms with E-state index in [0.717, 1.165) is 23.2 Å². The number of benzene rings is 1. The average molecular weight is 271 g/mol. The van der Waals surface area contributed by atoms with Crippen molar-refractivity contribution in [3.63, 3.8) is 0 Å². The maximum absolute atomic E-state index is 12.1. The maximum atomic E-state index is 12.1. The fourth-order valence-electron chi connectivity index (χ4n) is 2.25. The molecular weight excluding hydrogens is 250 g/mol. The van der Waals surface area contributed by atoms with Crippen LogP contribution in [-0.2, 0) is 13.1 Å². The van der Waals surface area contributed by atoms with E-state index in [4.69, 9.17) is 5.73 Å². The fourth-order valence-corrected chi connectivity index (χ4v) is 2.25. The Labute approximate surface area is 119 Å². The van der Waals surface area contributed by atoms with E-state index in [1.165, 1.54) is 10.2 Å². The Morgan fingerprint density at radius 1 is 1.25 bits per heavy atom. The highest BCUT2D eigenvalue weighted by Crippen LogP contribution is 2.22. The number of aryl methyl sites for hydroxylation is 3.